The summed E-state index contributed by atoms with van der Waals surface area (Å²) in [6.07, 6.45) is -1.90. The molecule has 15 heteroatoms. The summed E-state index contributed by atoms with van der Waals surface area (Å²) in [5, 5.41) is 8.56. The molecule has 0 atom stereocenters. The van der Waals surface area contributed by atoms with Gasteiger partial charge >= 0.3 is 12.4 Å². The molecule has 3 amide bonds. The van der Waals surface area contributed by atoms with E-state index < -0.39 is 18.0 Å². The Hall–Kier alpha value is -5.18. The number of benzene rings is 3. The van der Waals surface area contributed by atoms with E-state index in [-0.39, 0.29) is 22.6 Å². The number of carbonyl (C=O) groups excluding carboxylic acids is 2. The second-order valence-electron chi connectivity index (χ2n) is 10.9. The van der Waals surface area contributed by atoms with Crippen molar-refractivity contribution in [3.8, 4) is 28.6 Å². The van der Waals surface area contributed by atoms with Gasteiger partial charge in [-0.3, -0.25) is 9.69 Å². The van der Waals surface area contributed by atoms with Crippen LogP contribution in [0.5, 0.6) is 11.5 Å². The molecule has 238 valence electrons. The van der Waals surface area contributed by atoms with Crippen LogP contribution >= 0.6 is 11.8 Å². The van der Waals surface area contributed by atoms with Gasteiger partial charge in [0.1, 0.15) is 23.4 Å². The SMILES string of the molecule is Cc1ccc(OC(C)(C)C)c(N2C(=O)CS/C2=N\C(=O)N/N=C/c2ccc(-c3ncn(-c4ccc(OC(F)(F)F)cc4)n3)cc2)c1. The molecule has 46 heavy (non-hydrogen) atoms. The molecule has 1 aliphatic heterocycles. The summed E-state index contributed by atoms with van der Waals surface area (Å²) in [7, 11) is 0. The number of halogens is 3. The number of nitrogens with zero attached hydrogens (tertiary/aromatic N) is 6. The minimum atomic E-state index is -4.77. The van der Waals surface area contributed by atoms with Crippen LogP contribution in [0.1, 0.15) is 31.9 Å². The van der Waals surface area contributed by atoms with Crippen LogP contribution in [0.3, 0.4) is 0 Å². The maximum atomic E-state index is 12.8. The Labute approximate surface area is 266 Å². The van der Waals surface area contributed by atoms with Gasteiger partial charge in [-0.15, -0.1) is 18.3 Å². The van der Waals surface area contributed by atoms with Gasteiger partial charge in [-0.2, -0.15) is 10.1 Å². The van der Waals surface area contributed by atoms with Gasteiger partial charge < -0.3 is 9.47 Å². The molecule has 2 heterocycles. The zero-order chi connectivity index (χ0) is 33.1. The van der Waals surface area contributed by atoms with Crippen LogP contribution in [0, 0.1) is 6.92 Å². The molecule has 1 aliphatic rings. The van der Waals surface area contributed by atoms with E-state index in [4.69, 9.17) is 4.74 Å². The van der Waals surface area contributed by atoms with E-state index in [0.29, 0.717) is 34.1 Å². The number of aryl methyl sites for hydroxylation is 1. The molecule has 0 bridgehead atoms. The molecule has 5 rings (SSSR count). The van der Waals surface area contributed by atoms with Gasteiger partial charge in [0.05, 0.1) is 23.3 Å². The van der Waals surface area contributed by atoms with E-state index in [2.05, 4.69) is 30.3 Å². The third-order valence-corrected chi connectivity index (χ3v) is 7.03. The third-order valence-electron chi connectivity index (χ3n) is 6.10. The molecule has 1 aromatic heterocycles. The van der Waals surface area contributed by atoms with E-state index in [1.807, 2.05) is 39.8 Å². The highest BCUT2D eigenvalue weighted by molar-refractivity contribution is 8.15. The smallest absolute Gasteiger partial charge is 0.486 e. The Morgan fingerprint density at radius 1 is 1.02 bits per heavy atom. The highest BCUT2D eigenvalue weighted by Crippen LogP contribution is 2.37. The standard InChI is InChI=1S/C31H28F3N7O4S/c1-19-5-14-25(45-30(2,3)4)24(15-19)41-26(42)17-46-29(41)37-28(43)38-36-16-20-6-8-21(9-7-20)27-35-18-40(39-27)22-10-12-23(13-11-22)44-31(32,33)34/h5-16,18H,17H2,1-4H3,(H,38,43)/b36-16+,37-29-. The van der Waals surface area contributed by atoms with Crippen molar-refractivity contribution >= 4 is 40.8 Å². The number of hydrazone groups is 1. The lowest BCUT2D eigenvalue weighted by molar-refractivity contribution is -0.274. The highest BCUT2D eigenvalue weighted by Gasteiger charge is 2.33. The predicted molar refractivity (Wildman–Crippen MR) is 169 cm³/mol. The average Bonchev–Trinajstić information content (AvgIpc) is 3.60. The Bertz CT molecular complexity index is 1800. The number of carbonyl (C=O) groups is 2. The number of urea groups is 1. The van der Waals surface area contributed by atoms with Crippen molar-refractivity contribution in [3.05, 3.63) is 84.2 Å². The molecule has 0 spiro atoms. The fourth-order valence-electron chi connectivity index (χ4n) is 4.21. The minimum absolute atomic E-state index is 0.126. The molecule has 4 aromatic rings. The fraction of sp³-hybridized carbons (Fsp3) is 0.226. The van der Waals surface area contributed by atoms with Crippen LogP contribution < -0.4 is 19.8 Å². The van der Waals surface area contributed by atoms with Gasteiger partial charge in [0.25, 0.3) is 0 Å². The number of aromatic nitrogens is 3. The lowest BCUT2D eigenvalue weighted by atomic mass is 10.1. The number of amidine groups is 1. The van der Waals surface area contributed by atoms with Gasteiger partial charge in [-0.1, -0.05) is 42.1 Å². The summed E-state index contributed by atoms with van der Waals surface area (Å²) < 4.78 is 48.6. The molecule has 1 N–H and O–H groups in total. The van der Waals surface area contributed by atoms with Gasteiger partial charge in [0, 0.05) is 5.56 Å². The molecule has 0 saturated carbocycles. The zero-order valence-electron chi connectivity index (χ0n) is 25.1. The van der Waals surface area contributed by atoms with Crippen molar-refractivity contribution in [2.24, 2.45) is 10.1 Å². The number of amides is 3. The van der Waals surface area contributed by atoms with Crippen molar-refractivity contribution in [1.82, 2.24) is 20.2 Å². The van der Waals surface area contributed by atoms with Crippen molar-refractivity contribution in [2.45, 2.75) is 39.7 Å². The van der Waals surface area contributed by atoms with Crippen LogP contribution in [-0.4, -0.2) is 55.8 Å². The van der Waals surface area contributed by atoms with Crippen LogP contribution in [0.15, 0.2) is 83.2 Å². The highest BCUT2D eigenvalue weighted by atomic mass is 32.2. The summed E-state index contributed by atoms with van der Waals surface area (Å²) in [5.41, 5.74) is 5.10. The molecule has 1 saturated heterocycles. The van der Waals surface area contributed by atoms with E-state index in [1.54, 1.807) is 30.3 Å². The summed E-state index contributed by atoms with van der Waals surface area (Å²) >= 11 is 1.14. The first kappa shape index (κ1) is 32.2. The summed E-state index contributed by atoms with van der Waals surface area (Å²) in [5.74, 6) is 0.452. The second-order valence-corrected chi connectivity index (χ2v) is 11.9. The normalized spacial score (nSPS) is 14.7. The minimum Gasteiger partial charge on any atom is -0.486 e. The molecular weight excluding hydrogens is 623 g/mol. The van der Waals surface area contributed by atoms with Crippen molar-refractivity contribution in [3.63, 3.8) is 0 Å². The Morgan fingerprint density at radius 2 is 1.74 bits per heavy atom. The van der Waals surface area contributed by atoms with Crippen molar-refractivity contribution in [1.29, 1.82) is 0 Å². The van der Waals surface area contributed by atoms with Crippen LogP contribution in [0.25, 0.3) is 17.1 Å². The molecule has 0 unspecified atom stereocenters. The largest absolute Gasteiger partial charge is 0.573 e. The van der Waals surface area contributed by atoms with Crippen LogP contribution in [0.2, 0.25) is 0 Å². The molecule has 0 radical (unpaired) electrons. The Balaban J connectivity index is 1.22. The first-order chi connectivity index (χ1) is 21.7. The van der Waals surface area contributed by atoms with E-state index in [0.717, 1.165) is 17.3 Å². The maximum Gasteiger partial charge on any atom is 0.573 e. The first-order valence-corrected chi connectivity index (χ1v) is 14.8. The average molecular weight is 652 g/mol. The lowest BCUT2D eigenvalue weighted by Gasteiger charge is -2.26. The summed E-state index contributed by atoms with van der Waals surface area (Å²) in [4.78, 5) is 35.2. The zero-order valence-corrected chi connectivity index (χ0v) is 25.9. The monoisotopic (exact) mass is 651 g/mol. The van der Waals surface area contributed by atoms with E-state index >= 15 is 0 Å². The van der Waals surface area contributed by atoms with Gasteiger partial charge in [-0.05, 0) is 75.2 Å². The number of ether oxygens (including phenoxy) is 2. The lowest BCUT2D eigenvalue weighted by Crippen LogP contribution is -2.32. The van der Waals surface area contributed by atoms with Gasteiger partial charge in [0.15, 0.2) is 11.0 Å². The number of rotatable bonds is 7. The number of thioether (sulfide) groups is 1. The topological polar surface area (TPSA) is 123 Å². The number of nitrogens with one attached hydrogen (secondary N) is 1. The Kier molecular flexibility index (Phi) is 9.14. The maximum absolute atomic E-state index is 12.8. The van der Waals surface area contributed by atoms with E-state index in [1.165, 1.54) is 46.4 Å². The Morgan fingerprint density at radius 3 is 2.41 bits per heavy atom. The number of hydrogen-bond donors (Lipinski definition) is 1. The molecule has 11 nitrogen and oxygen atoms in total. The third kappa shape index (κ3) is 8.29. The van der Waals surface area contributed by atoms with Crippen molar-refractivity contribution < 1.29 is 32.2 Å². The van der Waals surface area contributed by atoms with Crippen molar-refractivity contribution in [2.75, 3.05) is 10.7 Å². The van der Waals surface area contributed by atoms with Crippen LogP contribution in [-0.2, 0) is 4.79 Å². The number of anilines is 1. The quantitative estimate of drug-likeness (QED) is 0.179. The van der Waals surface area contributed by atoms with Gasteiger partial charge in [-0.25, -0.2) is 19.9 Å². The molecule has 0 aliphatic carbocycles. The molecule has 1 fully saturated rings. The number of hydrogen-bond acceptors (Lipinski definition) is 8. The summed E-state index contributed by atoms with van der Waals surface area (Å²) in [6, 6.07) is 17.0. The predicted octanol–water partition coefficient (Wildman–Crippen LogP) is 6.50. The van der Waals surface area contributed by atoms with Crippen LogP contribution in [0.4, 0.5) is 23.7 Å². The number of aliphatic imine (C=N–C) groups is 1. The van der Waals surface area contributed by atoms with Gasteiger partial charge in [0.2, 0.25) is 5.91 Å². The number of alkyl halides is 3. The second kappa shape index (κ2) is 13.0. The summed E-state index contributed by atoms with van der Waals surface area (Å²) in [6.45, 7) is 7.61. The first-order valence-electron chi connectivity index (χ1n) is 13.8. The fourth-order valence-corrected chi connectivity index (χ4v) is 5.07. The van der Waals surface area contributed by atoms with E-state index in [9.17, 15) is 22.8 Å². The molecule has 3 aromatic carbocycles. The molecular formula is C31H28F3N7O4S.